The Bertz CT molecular complexity index is 1540. The lowest BCUT2D eigenvalue weighted by Crippen LogP contribution is -2.51. The van der Waals surface area contributed by atoms with Crippen LogP contribution in [-0.2, 0) is 18.0 Å². The highest BCUT2D eigenvalue weighted by atomic mass is 19.4. The summed E-state index contributed by atoms with van der Waals surface area (Å²) in [5.74, 6) is -2.85. The highest BCUT2D eigenvalue weighted by Gasteiger charge is 2.47. The van der Waals surface area contributed by atoms with Gasteiger partial charge in [0.2, 0.25) is 0 Å². The third-order valence-electron chi connectivity index (χ3n) is 7.60. The lowest BCUT2D eigenvalue weighted by atomic mass is 9.61. The molecular formula is C24H22F4N8O2. The molecule has 7 rings (SSSR count). The van der Waals surface area contributed by atoms with Crippen LogP contribution in [0, 0.1) is 23.6 Å². The zero-order chi connectivity index (χ0) is 26.8. The van der Waals surface area contributed by atoms with Gasteiger partial charge in [0, 0.05) is 31.0 Å². The summed E-state index contributed by atoms with van der Waals surface area (Å²) in [5.41, 5.74) is -0.778. The number of anilines is 1. The van der Waals surface area contributed by atoms with Gasteiger partial charge in [-0.1, -0.05) is 0 Å². The van der Waals surface area contributed by atoms with E-state index in [4.69, 9.17) is 0 Å². The number of alkyl halides is 3. The average Bonchev–Trinajstić information content (AvgIpc) is 3.51. The van der Waals surface area contributed by atoms with Crippen LogP contribution in [0.2, 0.25) is 0 Å². The number of carboxylic acids is 1. The zero-order valence-electron chi connectivity index (χ0n) is 20.0. The van der Waals surface area contributed by atoms with Gasteiger partial charge in [0.25, 0.3) is 0 Å². The number of fused-ring (bicyclic) bond motifs is 4. The van der Waals surface area contributed by atoms with Gasteiger partial charge in [-0.25, -0.2) is 19.3 Å². The van der Waals surface area contributed by atoms with E-state index in [2.05, 4.69) is 35.6 Å². The molecule has 3 aliphatic carbocycles. The first kappa shape index (κ1) is 24.2. The van der Waals surface area contributed by atoms with Crippen molar-refractivity contribution in [1.82, 2.24) is 34.9 Å². The van der Waals surface area contributed by atoms with Gasteiger partial charge in [-0.15, -0.1) is 0 Å². The molecule has 3 N–H and O–H groups in total. The maximum Gasteiger partial charge on any atom is 0.417 e. The average molecular weight is 530 g/mol. The molecule has 0 aromatic carbocycles. The normalized spacial score (nSPS) is 23.2. The van der Waals surface area contributed by atoms with Crippen LogP contribution in [-0.4, -0.2) is 52.0 Å². The maximum atomic E-state index is 15.9. The van der Waals surface area contributed by atoms with Crippen molar-refractivity contribution in [3.63, 3.8) is 0 Å². The third kappa shape index (κ3) is 4.03. The largest absolute Gasteiger partial charge is 0.481 e. The summed E-state index contributed by atoms with van der Waals surface area (Å²) in [6, 6.07) is 0.321. The molecule has 4 aromatic heterocycles. The van der Waals surface area contributed by atoms with E-state index in [1.807, 2.05) is 0 Å². The highest BCUT2D eigenvalue weighted by Crippen LogP contribution is 2.46. The Kier molecular flexibility index (Phi) is 5.58. The van der Waals surface area contributed by atoms with Gasteiger partial charge < -0.3 is 10.4 Å². The first-order valence-electron chi connectivity index (χ1n) is 12.1. The van der Waals surface area contributed by atoms with Crippen molar-refractivity contribution in [2.45, 2.75) is 37.9 Å². The number of rotatable bonds is 5. The van der Waals surface area contributed by atoms with E-state index < -0.39 is 35.5 Å². The summed E-state index contributed by atoms with van der Waals surface area (Å²) in [4.78, 5) is 24.6. The van der Waals surface area contributed by atoms with E-state index >= 15 is 4.39 Å². The van der Waals surface area contributed by atoms with Gasteiger partial charge >= 0.3 is 12.1 Å². The summed E-state index contributed by atoms with van der Waals surface area (Å²) in [7, 11) is 1.64. The van der Waals surface area contributed by atoms with E-state index in [9.17, 15) is 23.1 Å². The van der Waals surface area contributed by atoms with Crippen molar-refractivity contribution >= 4 is 22.8 Å². The van der Waals surface area contributed by atoms with Gasteiger partial charge in [-0.05, 0) is 43.6 Å². The van der Waals surface area contributed by atoms with Crippen LogP contribution < -0.4 is 5.32 Å². The minimum atomic E-state index is -4.64. The number of nitrogens with one attached hydrogen (secondary N) is 2. The maximum absolute atomic E-state index is 15.9. The van der Waals surface area contributed by atoms with E-state index in [-0.39, 0.29) is 45.9 Å². The Labute approximate surface area is 212 Å². The van der Waals surface area contributed by atoms with Crippen molar-refractivity contribution in [2.24, 2.45) is 24.8 Å². The fourth-order valence-corrected chi connectivity index (χ4v) is 5.78. The number of aromatic nitrogens is 7. The predicted octanol–water partition coefficient (Wildman–Crippen LogP) is 4.27. The minimum absolute atomic E-state index is 0.00823. The van der Waals surface area contributed by atoms with Gasteiger partial charge in [0.15, 0.2) is 23.1 Å². The number of pyridine rings is 1. The molecule has 2 atom stereocenters. The SMILES string of the molecule is Cn1cc(-c2nc(-c3[nH]nc4ncc(C(F)(F)F)cc34)nc(N[C@H]3C4CCC(CC4)[C@@H]3C(=O)O)c2F)cn1. The number of carbonyl (C=O) groups is 1. The Morgan fingerprint density at radius 2 is 1.89 bits per heavy atom. The second-order valence-corrected chi connectivity index (χ2v) is 9.86. The lowest BCUT2D eigenvalue weighted by molar-refractivity contribution is -0.148. The summed E-state index contributed by atoms with van der Waals surface area (Å²) < 4.78 is 57.5. The molecule has 38 heavy (non-hydrogen) atoms. The number of nitrogens with zero attached hydrogens (tertiary/aromatic N) is 6. The second-order valence-electron chi connectivity index (χ2n) is 9.86. The molecule has 3 fully saturated rings. The lowest BCUT2D eigenvalue weighted by Gasteiger charge is -2.47. The van der Waals surface area contributed by atoms with Crippen molar-refractivity contribution in [3.8, 4) is 22.8 Å². The number of H-pyrrole nitrogens is 1. The van der Waals surface area contributed by atoms with E-state index in [0.29, 0.717) is 11.8 Å². The molecule has 0 unspecified atom stereocenters. The van der Waals surface area contributed by atoms with Crippen molar-refractivity contribution < 1.29 is 27.5 Å². The van der Waals surface area contributed by atoms with Crippen LogP contribution in [0.5, 0.6) is 0 Å². The first-order valence-corrected chi connectivity index (χ1v) is 12.1. The molecule has 0 spiro atoms. The third-order valence-corrected chi connectivity index (χ3v) is 7.60. The second kappa shape index (κ2) is 8.74. The Morgan fingerprint density at radius 1 is 1.16 bits per heavy atom. The highest BCUT2D eigenvalue weighted by molar-refractivity contribution is 5.89. The Hall–Kier alpha value is -4.10. The number of hydrogen-bond donors (Lipinski definition) is 3. The molecule has 198 valence electrons. The molecule has 14 heteroatoms. The van der Waals surface area contributed by atoms with Gasteiger partial charge in [0.05, 0.1) is 23.1 Å². The number of carboxylic acid groups (broad SMARTS) is 1. The van der Waals surface area contributed by atoms with E-state index in [1.54, 1.807) is 7.05 Å². The molecule has 10 nitrogen and oxygen atoms in total. The fraction of sp³-hybridized carbons (Fsp3) is 0.417. The quantitative estimate of drug-likeness (QED) is 0.326. The Balaban J connectivity index is 1.50. The van der Waals surface area contributed by atoms with Crippen molar-refractivity contribution in [3.05, 3.63) is 36.0 Å². The molecule has 4 heterocycles. The molecule has 2 bridgehead atoms. The van der Waals surface area contributed by atoms with Gasteiger partial charge in [-0.3, -0.25) is 14.6 Å². The van der Waals surface area contributed by atoms with Crippen LogP contribution in [0.4, 0.5) is 23.4 Å². The topological polar surface area (TPSA) is 134 Å². The van der Waals surface area contributed by atoms with Crippen molar-refractivity contribution in [2.75, 3.05) is 5.32 Å². The predicted molar refractivity (Wildman–Crippen MR) is 126 cm³/mol. The number of halogens is 4. The van der Waals surface area contributed by atoms with E-state index in [0.717, 1.165) is 31.7 Å². The molecule has 0 aliphatic heterocycles. The smallest absolute Gasteiger partial charge is 0.417 e. The van der Waals surface area contributed by atoms with Crippen LogP contribution in [0.1, 0.15) is 31.2 Å². The number of hydrogen-bond acceptors (Lipinski definition) is 7. The summed E-state index contributed by atoms with van der Waals surface area (Å²) in [5, 5.41) is 23.7. The number of aliphatic carboxylic acids is 1. The summed E-state index contributed by atoms with van der Waals surface area (Å²) in [6.07, 6.45) is 2.21. The molecule has 0 amide bonds. The van der Waals surface area contributed by atoms with Crippen molar-refractivity contribution in [1.29, 1.82) is 0 Å². The van der Waals surface area contributed by atoms with Crippen LogP contribution in [0.25, 0.3) is 33.8 Å². The number of aromatic amines is 1. The first-order chi connectivity index (χ1) is 18.1. The minimum Gasteiger partial charge on any atom is -0.481 e. The molecule has 3 aliphatic rings. The molecule has 3 saturated carbocycles. The summed E-state index contributed by atoms with van der Waals surface area (Å²) >= 11 is 0. The van der Waals surface area contributed by atoms with Gasteiger partial charge in [-0.2, -0.15) is 23.4 Å². The van der Waals surface area contributed by atoms with Gasteiger partial charge in [0.1, 0.15) is 11.4 Å². The fourth-order valence-electron chi connectivity index (χ4n) is 5.78. The Morgan fingerprint density at radius 3 is 2.55 bits per heavy atom. The monoisotopic (exact) mass is 530 g/mol. The molecular weight excluding hydrogens is 508 g/mol. The standard InChI is InChI=1S/C24H22F4N8O2/c1-36-9-12(7-30-36)18-16(25)21(31-17-11-4-2-10(3-5-11)15(17)23(37)38)33-22(32-18)19-14-6-13(24(26,27)28)8-29-20(14)35-34-19/h6-11,15,17H,2-5H2,1H3,(H,37,38)(H,29,34,35)(H,31,32,33)/t10?,11?,15-,17-/m0/s1. The molecule has 0 radical (unpaired) electrons. The molecule has 4 aromatic rings. The van der Waals surface area contributed by atoms with Crippen LogP contribution in [0.15, 0.2) is 24.7 Å². The zero-order valence-corrected chi connectivity index (χ0v) is 20.0. The summed E-state index contributed by atoms with van der Waals surface area (Å²) in [6.45, 7) is 0. The van der Waals surface area contributed by atoms with E-state index in [1.165, 1.54) is 17.1 Å². The van der Waals surface area contributed by atoms with Crippen LogP contribution in [0.3, 0.4) is 0 Å². The number of aryl methyl sites for hydroxylation is 1. The van der Waals surface area contributed by atoms with Crippen LogP contribution >= 0.6 is 0 Å². The molecule has 0 saturated heterocycles.